The Bertz CT molecular complexity index is 1250. The van der Waals surface area contributed by atoms with Crippen LogP contribution in [-0.4, -0.2) is 7.11 Å². The van der Waals surface area contributed by atoms with Crippen LogP contribution in [0.2, 0.25) is 0 Å². The molecule has 0 aliphatic rings. The van der Waals surface area contributed by atoms with E-state index in [4.69, 9.17) is 9.26 Å². The van der Waals surface area contributed by atoms with Crippen molar-refractivity contribution in [3.8, 4) is 11.5 Å². The second-order valence-corrected chi connectivity index (χ2v) is 12.6. The summed E-state index contributed by atoms with van der Waals surface area (Å²) in [5.74, 6) is 1.57. The summed E-state index contributed by atoms with van der Waals surface area (Å²) in [6.07, 6.45) is 0. The molecule has 0 fully saturated rings. The van der Waals surface area contributed by atoms with Crippen LogP contribution < -0.4 is 26.0 Å². The Kier molecular flexibility index (Phi) is 6.02. The Hall–Kier alpha value is -3.71. The van der Waals surface area contributed by atoms with Crippen molar-refractivity contribution in [2.75, 3.05) is 7.11 Å². The Balaban J connectivity index is 1.95. The van der Waals surface area contributed by atoms with Gasteiger partial charge >= 0.3 is 202 Å². The Morgan fingerprint density at radius 3 is 1.26 bits per heavy atom. The van der Waals surface area contributed by atoms with Gasteiger partial charge in [-0.25, -0.2) is 0 Å². The zero-order valence-electron chi connectivity index (χ0n) is 19.1. The second-order valence-electron chi connectivity index (χ2n) is 8.11. The summed E-state index contributed by atoms with van der Waals surface area (Å²) in [5, 5.41) is 4.40. The van der Waals surface area contributed by atoms with Gasteiger partial charge in [-0.2, -0.15) is 0 Å². The van der Waals surface area contributed by atoms with Crippen LogP contribution in [0.25, 0.3) is 0 Å². The topological polar surface area (TPSA) is 18.5 Å². The summed E-state index contributed by atoms with van der Waals surface area (Å²) in [7, 11) is 1.84. The number of benzene rings is 5. The van der Waals surface area contributed by atoms with E-state index in [1.807, 2.05) is 67.8 Å². The summed E-state index contributed by atoms with van der Waals surface area (Å²) < 4.78 is 13.6. The van der Waals surface area contributed by atoms with Gasteiger partial charge in [-0.05, 0) is 0 Å². The van der Waals surface area contributed by atoms with E-state index in [-0.39, 0.29) is 0 Å². The van der Waals surface area contributed by atoms with E-state index in [2.05, 4.69) is 84.9 Å². The molecule has 3 heteroatoms. The fourth-order valence-electron chi connectivity index (χ4n) is 4.93. The molecular formula is C31H27O2P. The maximum atomic E-state index is 7.00. The Labute approximate surface area is 201 Å². The van der Waals surface area contributed by atoms with Gasteiger partial charge < -0.3 is 0 Å². The molecule has 5 rings (SSSR count). The van der Waals surface area contributed by atoms with E-state index >= 15 is 0 Å². The summed E-state index contributed by atoms with van der Waals surface area (Å²) in [4.78, 5) is 0. The van der Waals surface area contributed by atoms with E-state index in [1.54, 1.807) is 0 Å². The molecule has 0 saturated heterocycles. The van der Waals surface area contributed by atoms with Crippen LogP contribution in [0.4, 0.5) is 0 Å². The first kappa shape index (κ1) is 22.1. The summed E-state index contributed by atoms with van der Waals surface area (Å²) >= 11 is 0. The molecule has 5 aromatic rings. The van der Waals surface area contributed by atoms with Crippen molar-refractivity contribution >= 4 is 28.0 Å². The number of hydrogen-bond donors (Lipinski definition) is 0. The Morgan fingerprint density at radius 1 is 0.441 bits per heavy atom. The summed E-state index contributed by atoms with van der Waals surface area (Å²) in [6.45, 7) is -3.68. The SMILES string of the molecule is COP(c1ccccc1)(c1ccccc1)(c1ccccc1)c1ccccc1Oc1ccccc1. The quantitative estimate of drug-likeness (QED) is 0.268. The third-order valence-electron chi connectivity index (χ3n) is 6.41. The predicted molar refractivity (Wildman–Crippen MR) is 145 cm³/mol. The van der Waals surface area contributed by atoms with Crippen LogP contribution in [0.5, 0.6) is 11.5 Å². The molecule has 2 nitrogen and oxygen atoms in total. The van der Waals surface area contributed by atoms with Crippen LogP contribution in [-0.2, 0) is 4.52 Å². The van der Waals surface area contributed by atoms with E-state index in [1.165, 1.54) is 0 Å². The van der Waals surface area contributed by atoms with E-state index in [0.717, 1.165) is 32.7 Å². The average Bonchev–Trinajstić information content (AvgIpc) is 2.93. The van der Waals surface area contributed by atoms with Gasteiger partial charge in [0.25, 0.3) is 0 Å². The predicted octanol–water partition coefficient (Wildman–Crippen LogP) is 6.20. The molecule has 0 bridgehead atoms. The fraction of sp³-hybridized carbons (Fsp3) is 0.0323. The molecule has 0 aliphatic heterocycles. The van der Waals surface area contributed by atoms with Crippen molar-refractivity contribution in [2.45, 2.75) is 0 Å². The fourth-order valence-corrected chi connectivity index (χ4v) is 10.6. The van der Waals surface area contributed by atoms with E-state index < -0.39 is 6.83 Å². The number of ether oxygens (including phenoxy) is 1. The minimum atomic E-state index is -3.68. The van der Waals surface area contributed by atoms with Crippen molar-refractivity contribution in [3.05, 3.63) is 146 Å². The molecule has 0 spiro atoms. The van der Waals surface area contributed by atoms with Crippen molar-refractivity contribution < 1.29 is 9.26 Å². The van der Waals surface area contributed by atoms with Crippen LogP contribution in [0.15, 0.2) is 146 Å². The normalized spacial score (nSPS) is 12.4. The van der Waals surface area contributed by atoms with Crippen molar-refractivity contribution in [1.82, 2.24) is 0 Å². The number of para-hydroxylation sites is 2. The average molecular weight is 463 g/mol. The monoisotopic (exact) mass is 462 g/mol. The van der Waals surface area contributed by atoms with Crippen LogP contribution in [0.1, 0.15) is 0 Å². The Morgan fingerprint density at radius 2 is 0.824 bits per heavy atom. The number of hydrogen-bond acceptors (Lipinski definition) is 2. The van der Waals surface area contributed by atoms with Crippen LogP contribution in [0.3, 0.4) is 0 Å². The van der Waals surface area contributed by atoms with E-state index in [0.29, 0.717) is 0 Å². The molecule has 0 saturated carbocycles. The summed E-state index contributed by atoms with van der Waals surface area (Å²) in [5.41, 5.74) is 0. The van der Waals surface area contributed by atoms with Crippen molar-refractivity contribution in [3.63, 3.8) is 0 Å². The van der Waals surface area contributed by atoms with Gasteiger partial charge in [0.2, 0.25) is 0 Å². The first-order valence-electron chi connectivity index (χ1n) is 11.4. The van der Waals surface area contributed by atoms with Gasteiger partial charge in [-0.1, -0.05) is 0 Å². The van der Waals surface area contributed by atoms with Gasteiger partial charge in [0, 0.05) is 0 Å². The maximum absolute atomic E-state index is 7.00. The summed E-state index contributed by atoms with van der Waals surface area (Å²) in [6, 6.07) is 50.0. The van der Waals surface area contributed by atoms with Gasteiger partial charge in [0.1, 0.15) is 0 Å². The standard InChI is InChI=1S/C31H27O2P/c1-32-34(27-18-8-3-9-19-27,28-20-10-4-11-21-28,29-22-12-5-13-23-29)31-25-15-14-24-30(31)33-26-16-6-2-7-17-26/h2-25H,1H3. The molecular weight excluding hydrogens is 435 g/mol. The second kappa shape index (κ2) is 9.27. The van der Waals surface area contributed by atoms with Gasteiger partial charge in [-0.3, -0.25) is 0 Å². The zero-order chi connectivity index (χ0) is 23.3. The molecule has 5 aromatic carbocycles. The third-order valence-corrected chi connectivity index (χ3v) is 12.3. The molecule has 0 atom stereocenters. The molecule has 0 heterocycles. The molecule has 0 unspecified atom stereocenters. The third kappa shape index (κ3) is 3.35. The molecule has 0 radical (unpaired) electrons. The van der Waals surface area contributed by atoms with Crippen LogP contribution in [0, 0.1) is 0 Å². The molecule has 34 heavy (non-hydrogen) atoms. The number of rotatable bonds is 7. The van der Waals surface area contributed by atoms with Crippen LogP contribution >= 0.6 is 6.83 Å². The first-order valence-corrected chi connectivity index (χ1v) is 13.5. The minimum absolute atomic E-state index is 0.782. The van der Waals surface area contributed by atoms with Gasteiger partial charge in [0.05, 0.1) is 0 Å². The molecule has 0 aromatic heterocycles. The molecule has 0 amide bonds. The van der Waals surface area contributed by atoms with Gasteiger partial charge in [-0.15, -0.1) is 0 Å². The zero-order valence-corrected chi connectivity index (χ0v) is 20.0. The van der Waals surface area contributed by atoms with Crippen molar-refractivity contribution in [1.29, 1.82) is 0 Å². The van der Waals surface area contributed by atoms with Gasteiger partial charge in [0.15, 0.2) is 0 Å². The molecule has 168 valence electrons. The molecule has 0 N–H and O–H groups in total. The van der Waals surface area contributed by atoms with Crippen molar-refractivity contribution in [2.24, 2.45) is 0 Å². The van der Waals surface area contributed by atoms with E-state index in [9.17, 15) is 0 Å². The first-order chi connectivity index (χ1) is 16.8. The molecule has 0 aliphatic carbocycles.